The molecule has 0 saturated carbocycles. The van der Waals surface area contributed by atoms with Crippen molar-refractivity contribution in [2.45, 2.75) is 204 Å². The van der Waals surface area contributed by atoms with E-state index in [0.29, 0.717) is 12.8 Å². The van der Waals surface area contributed by atoms with Crippen LogP contribution in [0.3, 0.4) is 0 Å². The van der Waals surface area contributed by atoms with Gasteiger partial charge in [0, 0.05) is 0 Å². The monoisotopic (exact) mass is 568 g/mol. The molecule has 232 valence electrons. The van der Waals surface area contributed by atoms with Crippen LogP contribution >= 0.6 is 11.8 Å². The molecule has 39 heavy (non-hydrogen) atoms. The molecule has 0 bridgehead atoms. The maximum atomic E-state index is 12.1. The van der Waals surface area contributed by atoms with Gasteiger partial charge in [-0.15, -0.1) is 11.8 Å². The molecule has 0 heterocycles. The van der Waals surface area contributed by atoms with Crippen LogP contribution in [0.25, 0.3) is 0 Å². The smallest absolute Gasteiger partial charge is 0.0573 e. The lowest BCUT2D eigenvalue weighted by Gasteiger charge is -2.40. The van der Waals surface area contributed by atoms with Gasteiger partial charge in [0.05, 0.1) is 21.4 Å². The molecule has 0 saturated heterocycles. The number of aliphatic carboxylic acids is 2. The summed E-state index contributed by atoms with van der Waals surface area (Å²) in [6, 6.07) is 0. The number of hydrogen-bond donors (Lipinski definition) is 0. The molecule has 4 nitrogen and oxygen atoms in total. The van der Waals surface area contributed by atoms with Crippen molar-refractivity contribution in [2.75, 3.05) is 0 Å². The van der Waals surface area contributed by atoms with E-state index in [9.17, 15) is 19.8 Å². The Morgan fingerprint density at radius 1 is 0.436 bits per heavy atom. The fourth-order valence-corrected chi connectivity index (χ4v) is 7.15. The number of thioether (sulfide) groups is 1. The molecule has 0 radical (unpaired) electrons. The summed E-state index contributed by atoms with van der Waals surface area (Å²) in [6.45, 7) is 7.79. The average molecular weight is 569 g/mol. The van der Waals surface area contributed by atoms with Crippen LogP contribution in [-0.2, 0) is 9.59 Å². The summed E-state index contributed by atoms with van der Waals surface area (Å²) in [5.41, 5.74) is 0. The van der Waals surface area contributed by atoms with E-state index in [4.69, 9.17) is 0 Å². The number of unbranched alkanes of at least 4 members (excludes halogenated alkanes) is 22. The molecule has 0 aliphatic rings. The number of rotatable bonds is 30. The minimum atomic E-state index is -1.20. The van der Waals surface area contributed by atoms with Gasteiger partial charge in [0.25, 0.3) is 0 Å². The first-order valence-electron chi connectivity index (χ1n) is 16.8. The van der Waals surface area contributed by atoms with Crippen molar-refractivity contribution in [1.29, 1.82) is 0 Å². The third-order valence-electron chi connectivity index (χ3n) is 8.33. The highest BCUT2D eigenvalue weighted by molar-refractivity contribution is 8.03. The molecule has 2 unspecified atom stereocenters. The Labute approximate surface area is 247 Å². The van der Waals surface area contributed by atoms with E-state index in [-0.39, 0.29) is 0 Å². The number of carbonyl (C=O) groups excluding carboxylic acids is 2. The summed E-state index contributed by atoms with van der Waals surface area (Å²) in [6.07, 6.45) is 30.2. The van der Waals surface area contributed by atoms with E-state index in [1.807, 2.05) is 0 Å². The third-order valence-corrected chi connectivity index (χ3v) is 9.97. The quantitative estimate of drug-likeness (QED) is 0.0808. The van der Waals surface area contributed by atoms with Crippen molar-refractivity contribution in [3.63, 3.8) is 0 Å². The lowest BCUT2D eigenvalue weighted by atomic mass is 9.99. The minimum absolute atomic E-state index is 0.443. The molecule has 0 N–H and O–H groups in total. The fraction of sp³-hybridized carbons (Fsp3) is 0.941. The summed E-state index contributed by atoms with van der Waals surface area (Å²) >= 11 is 1.05. The first-order chi connectivity index (χ1) is 18.7. The van der Waals surface area contributed by atoms with Crippen LogP contribution < -0.4 is 10.2 Å². The van der Waals surface area contributed by atoms with Crippen LogP contribution in [0.4, 0.5) is 0 Å². The molecular formula is C34H64O4S-2. The molecule has 0 aromatic heterocycles. The van der Waals surface area contributed by atoms with Gasteiger partial charge in [-0.05, 0) is 26.7 Å². The SMILES string of the molecule is CCCCCCCCCCCCCCC(C)(SC(C)(CCCCCCCCCCCCCC)C(=O)[O-])C(=O)[O-]. The second kappa shape index (κ2) is 25.0. The molecule has 0 aromatic rings. The van der Waals surface area contributed by atoms with Crippen molar-refractivity contribution in [3.8, 4) is 0 Å². The predicted octanol–water partition coefficient (Wildman–Crippen LogP) is 8.92. The zero-order valence-corrected chi connectivity index (χ0v) is 27.2. The van der Waals surface area contributed by atoms with Crippen LogP contribution in [-0.4, -0.2) is 21.4 Å². The van der Waals surface area contributed by atoms with Gasteiger partial charge in [-0.3, -0.25) is 0 Å². The highest BCUT2D eigenvalue weighted by Crippen LogP contribution is 2.43. The molecule has 0 amide bonds. The Kier molecular flexibility index (Phi) is 24.6. The zero-order valence-electron chi connectivity index (χ0n) is 26.4. The van der Waals surface area contributed by atoms with Gasteiger partial charge in [0.1, 0.15) is 0 Å². The maximum absolute atomic E-state index is 12.1. The first kappa shape index (κ1) is 38.3. The van der Waals surface area contributed by atoms with Crippen LogP contribution in [0, 0.1) is 0 Å². The van der Waals surface area contributed by atoms with Crippen LogP contribution in [0.15, 0.2) is 0 Å². The summed E-state index contributed by atoms with van der Waals surface area (Å²) in [4.78, 5) is 24.2. The average Bonchev–Trinajstić information content (AvgIpc) is 2.89. The molecule has 0 spiro atoms. The van der Waals surface area contributed by atoms with Crippen LogP contribution in [0.1, 0.15) is 195 Å². The second-order valence-corrected chi connectivity index (χ2v) is 14.4. The maximum Gasteiger partial charge on any atom is 0.0573 e. The second-order valence-electron chi connectivity index (χ2n) is 12.4. The zero-order chi connectivity index (χ0) is 29.2. The Morgan fingerprint density at radius 3 is 0.846 bits per heavy atom. The van der Waals surface area contributed by atoms with E-state index in [1.54, 1.807) is 13.8 Å². The largest absolute Gasteiger partial charge is 0.549 e. The van der Waals surface area contributed by atoms with Gasteiger partial charge in [0.2, 0.25) is 0 Å². The lowest BCUT2D eigenvalue weighted by molar-refractivity contribution is -0.309. The Balaban J connectivity index is 4.20. The Hall–Kier alpha value is -0.710. The molecular weight excluding hydrogens is 504 g/mol. The van der Waals surface area contributed by atoms with E-state index in [0.717, 1.165) is 50.3 Å². The Morgan fingerprint density at radius 2 is 0.641 bits per heavy atom. The number of carboxylic acids is 2. The molecule has 0 aliphatic heterocycles. The van der Waals surface area contributed by atoms with E-state index < -0.39 is 21.4 Å². The third kappa shape index (κ3) is 20.8. The highest BCUT2D eigenvalue weighted by atomic mass is 32.2. The van der Waals surface area contributed by atoms with Gasteiger partial charge in [-0.2, -0.15) is 0 Å². The van der Waals surface area contributed by atoms with Crippen molar-refractivity contribution < 1.29 is 19.8 Å². The van der Waals surface area contributed by atoms with Crippen LogP contribution in [0.5, 0.6) is 0 Å². The molecule has 2 atom stereocenters. The van der Waals surface area contributed by atoms with E-state index in [1.165, 1.54) is 116 Å². The standard InChI is InChI=1S/C34H66O4S/c1-5-7-9-11-13-15-17-19-21-23-25-27-29-33(3,31(35)36)39-34(4,32(37)38)30-28-26-24-22-20-18-16-14-12-10-8-6-2/h5-30H2,1-4H3,(H,35,36)(H,37,38)/p-2. The number of carbonyl (C=O) groups is 2. The highest BCUT2D eigenvalue weighted by Gasteiger charge is 2.37. The van der Waals surface area contributed by atoms with E-state index >= 15 is 0 Å². The van der Waals surface area contributed by atoms with Gasteiger partial charge in [0.15, 0.2) is 0 Å². The predicted molar refractivity (Wildman–Crippen MR) is 166 cm³/mol. The van der Waals surface area contributed by atoms with Crippen molar-refractivity contribution in [1.82, 2.24) is 0 Å². The molecule has 5 heteroatoms. The van der Waals surface area contributed by atoms with Gasteiger partial charge in [-0.1, -0.05) is 168 Å². The van der Waals surface area contributed by atoms with Crippen molar-refractivity contribution in [2.24, 2.45) is 0 Å². The first-order valence-corrected chi connectivity index (χ1v) is 17.7. The molecule has 0 rings (SSSR count). The molecule has 0 fully saturated rings. The summed E-state index contributed by atoms with van der Waals surface area (Å²) in [5, 5.41) is 24.2. The molecule has 0 aliphatic carbocycles. The van der Waals surface area contributed by atoms with E-state index in [2.05, 4.69) is 13.8 Å². The van der Waals surface area contributed by atoms with Crippen molar-refractivity contribution >= 4 is 23.7 Å². The number of hydrogen-bond acceptors (Lipinski definition) is 5. The summed E-state index contributed by atoms with van der Waals surface area (Å²) < 4.78 is -2.41. The van der Waals surface area contributed by atoms with Gasteiger partial charge >= 0.3 is 0 Å². The van der Waals surface area contributed by atoms with Gasteiger partial charge in [-0.25, -0.2) is 0 Å². The summed E-state index contributed by atoms with van der Waals surface area (Å²) in [7, 11) is 0. The number of carboxylic acid groups (broad SMARTS) is 2. The van der Waals surface area contributed by atoms with Gasteiger partial charge < -0.3 is 19.8 Å². The fourth-order valence-electron chi connectivity index (χ4n) is 5.49. The topological polar surface area (TPSA) is 80.3 Å². The van der Waals surface area contributed by atoms with Crippen molar-refractivity contribution in [3.05, 3.63) is 0 Å². The molecule has 0 aromatic carbocycles. The normalized spacial score (nSPS) is 14.7. The minimum Gasteiger partial charge on any atom is -0.549 e. The lowest BCUT2D eigenvalue weighted by Crippen LogP contribution is -2.51. The van der Waals surface area contributed by atoms with Crippen LogP contribution in [0.2, 0.25) is 0 Å². The Bertz CT molecular complexity index is 546. The summed E-state index contributed by atoms with van der Waals surface area (Å²) in [5.74, 6) is -2.31.